The molecule has 0 aliphatic heterocycles. The van der Waals surface area contributed by atoms with E-state index in [4.69, 9.17) is 0 Å². The lowest BCUT2D eigenvalue weighted by Crippen LogP contribution is -2.38. The van der Waals surface area contributed by atoms with E-state index in [2.05, 4.69) is 37.4 Å². The van der Waals surface area contributed by atoms with Crippen LogP contribution in [0, 0.1) is 0 Å². The molecule has 2 aromatic carbocycles. The van der Waals surface area contributed by atoms with E-state index in [9.17, 15) is 4.79 Å². The fourth-order valence-corrected chi connectivity index (χ4v) is 2.37. The van der Waals surface area contributed by atoms with Gasteiger partial charge in [0.15, 0.2) is 5.96 Å². The fraction of sp³-hybridized carbons (Fsp3) is 0.263. The first-order chi connectivity index (χ1) is 12.1. The van der Waals surface area contributed by atoms with Gasteiger partial charge in [-0.2, -0.15) is 0 Å². The third kappa shape index (κ3) is 5.84. The molecular weight excluding hydrogens is 316 g/mol. The molecule has 0 fully saturated rings. The molecule has 6 nitrogen and oxygen atoms in total. The van der Waals surface area contributed by atoms with E-state index in [1.165, 1.54) is 12.7 Å². The van der Waals surface area contributed by atoms with Crippen molar-refractivity contribution in [1.82, 2.24) is 10.2 Å². The maximum atomic E-state index is 11.2. The Bertz CT molecular complexity index is 699. The van der Waals surface area contributed by atoms with Gasteiger partial charge < -0.3 is 15.0 Å². The summed E-state index contributed by atoms with van der Waals surface area (Å²) < 4.78 is 4.57. The van der Waals surface area contributed by atoms with E-state index in [0.717, 1.165) is 18.1 Å². The first-order valence-corrected chi connectivity index (χ1v) is 8.02. The number of benzene rings is 2. The van der Waals surface area contributed by atoms with E-state index in [1.807, 2.05) is 49.5 Å². The van der Waals surface area contributed by atoms with Gasteiger partial charge >= 0.3 is 6.09 Å². The first-order valence-electron chi connectivity index (χ1n) is 8.02. The number of amides is 1. The van der Waals surface area contributed by atoms with Gasteiger partial charge in [-0.3, -0.25) is 10.3 Å². The van der Waals surface area contributed by atoms with Crippen molar-refractivity contribution in [2.45, 2.75) is 13.1 Å². The molecule has 0 radical (unpaired) electrons. The molecule has 0 saturated heterocycles. The summed E-state index contributed by atoms with van der Waals surface area (Å²) in [7, 11) is 5.12. The Labute approximate surface area is 148 Å². The molecule has 0 saturated carbocycles. The number of carbonyl (C=O) groups is 1. The third-order valence-corrected chi connectivity index (χ3v) is 3.67. The van der Waals surface area contributed by atoms with Gasteiger partial charge in [0, 0.05) is 32.9 Å². The molecule has 0 heterocycles. The van der Waals surface area contributed by atoms with Crippen molar-refractivity contribution >= 4 is 17.7 Å². The van der Waals surface area contributed by atoms with Gasteiger partial charge in [0.1, 0.15) is 0 Å². The second-order valence-electron chi connectivity index (χ2n) is 5.56. The van der Waals surface area contributed by atoms with Gasteiger partial charge in [0.25, 0.3) is 0 Å². The molecule has 0 aromatic heterocycles. The monoisotopic (exact) mass is 340 g/mol. The van der Waals surface area contributed by atoms with Crippen LogP contribution in [-0.4, -0.2) is 38.2 Å². The average molecular weight is 340 g/mol. The Morgan fingerprint density at radius 2 is 1.76 bits per heavy atom. The van der Waals surface area contributed by atoms with Crippen molar-refractivity contribution in [1.29, 1.82) is 0 Å². The van der Waals surface area contributed by atoms with Crippen LogP contribution in [0.1, 0.15) is 11.1 Å². The molecule has 6 heteroatoms. The quantitative estimate of drug-likeness (QED) is 0.648. The standard InChI is InChI=1S/C19H24N4O2/c1-20-18(23(2)14-16-7-5-4-6-8-16)21-13-15-9-11-17(12-10-15)22-19(24)25-3/h4-12H,13-14H2,1-3H3,(H,20,21)(H,22,24). The van der Waals surface area contributed by atoms with E-state index in [-0.39, 0.29) is 0 Å². The van der Waals surface area contributed by atoms with Crippen LogP contribution in [0.3, 0.4) is 0 Å². The fourth-order valence-electron chi connectivity index (χ4n) is 2.37. The van der Waals surface area contributed by atoms with Crippen molar-refractivity contribution in [2.24, 2.45) is 4.99 Å². The highest BCUT2D eigenvalue weighted by atomic mass is 16.5. The van der Waals surface area contributed by atoms with E-state index < -0.39 is 6.09 Å². The Balaban J connectivity index is 1.88. The van der Waals surface area contributed by atoms with Crippen LogP contribution >= 0.6 is 0 Å². The van der Waals surface area contributed by atoms with Crippen LogP contribution in [0.4, 0.5) is 10.5 Å². The van der Waals surface area contributed by atoms with Gasteiger partial charge in [-0.1, -0.05) is 42.5 Å². The second kappa shape index (κ2) is 9.32. The van der Waals surface area contributed by atoms with Crippen LogP contribution in [-0.2, 0) is 17.8 Å². The molecule has 0 bridgehead atoms. The van der Waals surface area contributed by atoms with Crippen LogP contribution in [0.15, 0.2) is 59.6 Å². The van der Waals surface area contributed by atoms with Crippen LogP contribution < -0.4 is 10.6 Å². The predicted octanol–water partition coefficient (Wildman–Crippen LogP) is 3.07. The highest BCUT2D eigenvalue weighted by molar-refractivity contribution is 5.84. The smallest absolute Gasteiger partial charge is 0.411 e. The van der Waals surface area contributed by atoms with Gasteiger partial charge in [0.2, 0.25) is 0 Å². The lowest BCUT2D eigenvalue weighted by Gasteiger charge is -2.22. The largest absolute Gasteiger partial charge is 0.453 e. The molecular formula is C19H24N4O2. The van der Waals surface area contributed by atoms with Crippen LogP contribution in [0.2, 0.25) is 0 Å². The number of methoxy groups -OCH3 is 1. The summed E-state index contributed by atoms with van der Waals surface area (Å²) in [6.07, 6.45) is -0.478. The predicted molar refractivity (Wildman–Crippen MR) is 101 cm³/mol. The molecule has 0 atom stereocenters. The van der Waals surface area contributed by atoms with E-state index >= 15 is 0 Å². The van der Waals surface area contributed by atoms with Crippen LogP contribution in [0.25, 0.3) is 0 Å². The Morgan fingerprint density at radius 3 is 2.36 bits per heavy atom. The molecule has 0 aliphatic rings. The van der Waals surface area contributed by atoms with Gasteiger partial charge in [-0.25, -0.2) is 4.79 Å². The van der Waals surface area contributed by atoms with E-state index in [0.29, 0.717) is 12.2 Å². The lowest BCUT2D eigenvalue weighted by molar-refractivity contribution is 0.187. The summed E-state index contributed by atoms with van der Waals surface area (Å²) in [6.45, 7) is 1.42. The van der Waals surface area contributed by atoms with Crippen molar-refractivity contribution in [3.05, 3.63) is 65.7 Å². The number of hydrogen-bond acceptors (Lipinski definition) is 3. The normalized spacial score (nSPS) is 10.9. The summed E-state index contributed by atoms with van der Waals surface area (Å²) in [6, 6.07) is 17.8. The SMILES string of the molecule is CN=C(NCc1ccc(NC(=O)OC)cc1)N(C)Cc1ccccc1. The number of guanidine groups is 1. The Morgan fingerprint density at radius 1 is 1.08 bits per heavy atom. The molecule has 2 N–H and O–H groups in total. The number of carbonyl (C=O) groups excluding carboxylic acids is 1. The number of nitrogens with zero attached hydrogens (tertiary/aromatic N) is 2. The van der Waals surface area contributed by atoms with Crippen molar-refractivity contribution in [2.75, 3.05) is 26.5 Å². The summed E-state index contributed by atoms with van der Waals surface area (Å²) in [5.41, 5.74) is 3.01. The van der Waals surface area contributed by atoms with Crippen molar-refractivity contribution < 1.29 is 9.53 Å². The molecule has 2 aromatic rings. The number of anilines is 1. The molecule has 1 amide bonds. The highest BCUT2D eigenvalue weighted by Gasteiger charge is 2.07. The topological polar surface area (TPSA) is 66.0 Å². The van der Waals surface area contributed by atoms with Gasteiger partial charge in [-0.15, -0.1) is 0 Å². The number of hydrogen-bond donors (Lipinski definition) is 2. The Hall–Kier alpha value is -3.02. The third-order valence-electron chi connectivity index (χ3n) is 3.67. The number of nitrogens with one attached hydrogen (secondary N) is 2. The second-order valence-corrected chi connectivity index (χ2v) is 5.56. The zero-order valence-electron chi connectivity index (χ0n) is 14.8. The van der Waals surface area contributed by atoms with Crippen molar-refractivity contribution in [3.63, 3.8) is 0 Å². The van der Waals surface area contributed by atoms with Crippen LogP contribution in [0.5, 0.6) is 0 Å². The molecule has 0 unspecified atom stereocenters. The average Bonchev–Trinajstić information content (AvgIpc) is 2.64. The molecule has 25 heavy (non-hydrogen) atoms. The summed E-state index contributed by atoms with van der Waals surface area (Å²) in [4.78, 5) is 17.6. The van der Waals surface area contributed by atoms with E-state index in [1.54, 1.807) is 7.05 Å². The summed E-state index contributed by atoms with van der Waals surface area (Å²) in [5, 5.41) is 5.97. The molecule has 0 aliphatic carbocycles. The lowest BCUT2D eigenvalue weighted by atomic mass is 10.2. The zero-order chi connectivity index (χ0) is 18.1. The molecule has 2 rings (SSSR count). The Kier molecular flexibility index (Phi) is 6.83. The summed E-state index contributed by atoms with van der Waals surface area (Å²) in [5.74, 6) is 0.820. The minimum Gasteiger partial charge on any atom is -0.453 e. The molecule has 132 valence electrons. The highest BCUT2D eigenvalue weighted by Crippen LogP contribution is 2.10. The van der Waals surface area contributed by atoms with Gasteiger partial charge in [0.05, 0.1) is 7.11 Å². The maximum absolute atomic E-state index is 11.2. The number of aliphatic imine (C=N–C) groups is 1. The zero-order valence-corrected chi connectivity index (χ0v) is 14.8. The molecule has 0 spiro atoms. The van der Waals surface area contributed by atoms with Gasteiger partial charge in [-0.05, 0) is 23.3 Å². The summed E-state index contributed by atoms with van der Waals surface area (Å²) >= 11 is 0. The number of ether oxygens (including phenoxy) is 1. The first kappa shape index (κ1) is 18.3. The van der Waals surface area contributed by atoms with Crippen molar-refractivity contribution in [3.8, 4) is 0 Å². The maximum Gasteiger partial charge on any atom is 0.411 e. The minimum absolute atomic E-state index is 0.478. The minimum atomic E-state index is -0.478. The number of rotatable bonds is 5.